The number of hydrogen-bond donors (Lipinski definition) is 1. The summed E-state index contributed by atoms with van der Waals surface area (Å²) in [6.07, 6.45) is 5.33. The zero-order valence-electron chi connectivity index (χ0n) is 9.93. The quantitative estimate of drug-likeness (QED) is 0.768. The Kier molecular flexibility index (Phi) is 3.64. The third kappa shape index (κ3) is 3.75. The highest BCUT2D eigenvalue weighted by Crippen LogP contribution is 2.29. The molecule has 0 unspecified atom stereocenters. The van der Waals surface area contributed by atoms with E-state index in [-0.39, 0.29) is 0 Å². The van der Waals surface area contributed by atoms with Gasteiger partial charge in [0.2, 0.25) is 0 Å². The Morgan fingerprint density at radius 2 is 2.41 bits per heavy atom. The van der Waals surface area contributed by atoms with Gasteiger partial charge in [-0.05, 0) is 31.9 Å². The van der Waals surface area contributed by atoms with Gasteiger partial charge in [-0.3, -0.25) is 4.90 Å². The molecule has 1 aromatic heterocycles. The second-order valence-electron chi connectivity index (χ2n) is 4.54. The van der Waals surface area contributed by atoms with E-state index in [1.165, 1.54) is 18.9 Å². The minimum absolute atomic E-state index is 0.581. The highest BCUT2D eigenvalue weighted by Gasteiger charge is 2.29. The molecule has 0 amide bonds. The molecule has 0 radical (unpaired) electrons. The summed E-state index contributed by atoms with van der Waals surface area (Å²) < 4.78 is 5.33. The van der Waals surface area contributed by atoms with Gasteiger partial charge in [0.05, 0.1) is 12.8 Å². The molecular formula is C13H17NO3. The third-order valence-corrected chi connectivity index (χ3v) is 2.82. The fourth-order valence-corrected chi connectivity index (χ4v) is 1.93. The number of aliphatic carboxylic acids is 1. The van der Waals surface area contributed by atoms with Gasteiger partial charge in [-0.25, -0.2) is 4.79 Å². The lowest BCUT2D eigenvalue weighted by Gasteiger charge is -2.20. The molecule has 1 aliphatic rings. The van der Waals surface area contributed by atoms with Crippen LogP contribution < -0.4 is 0 Å². The molecule has 17 heavy (non-hydrogen) atoms. The van der Waals surface area contributed by atoms with Crippen molar-refractivity contribution in [2.45, 2.75) is 32.4 Å². The minimum Gasteiger partial charge on any atom is -0.478 e. The molecule has 0 aliphatic heterocycles. The molecule has 92 valence electrons. The van der Waals surface area contributed by atoms with Crippen molar-refractivity contribution < 1.29 is 14.3 Å². The van der Waals surface area contributed by atoms with Gasteiger partial charge in [0.15, 0.2) is 0 Å². The zero-order valence-corrected chi connectivity index (χ0v) is 9.93. The number of nitrogens with zero attached hydrogens (tertiary/aromatic N) is 1. The van der Waals surface area contributed by atoms with Crippen LogP contribution in [0, 0.1) is 0 Å². The zero-order chi connectivity index (χ0) is 12.3. The molecule has 1 N–H and O–H groups in total. The van der Waals surface area contributed by atoms with Gasteiger partial charge in [-0.2, -0.15) is 0 Å². The molecule has 0 bridgehead atoms. The second-order valence-corrected chi connectivity index (χ2v) is 4.54. The van der Waals surface area contributed by atoms with Crippen molar-refractivity contribution in [2.24, 2.45) is 0 Å². The fourth-order valence-electron chi connectivity index (χ4n) is 1.93. The summed E-state index contributed by atoms with van der Waals surface area (Å²) in [6.45, 7) is 3.30. The number of carbonyl (C=O) groups is 1. The lowest BCUT2D eigenvalue weighted by atomic mass is 10.2. The fraction of sp³-hybridized carbons (Fsp3) is 0.462. The summed E-state index contributed by atoms with van der Waals surface area (Å²) in [7, 11) is 0. The van der Waals surface area contributed by atoms with Crippen LogP contribution in [0.4, 0.5) is 0 Å². The maximum Gasteiger partial charge on any atom is 0.328 e. The van der Waals surface area contributed by atoms with Crippen LogP contribution in [0.5, 0.6) is 0 Å². The SMILES string of the molecule is CC(=CC(=O)O)CN(Cc1ccco1)C1CC1. The van der Waals surface area contributed by atoms with Crippen molar-refractivity contribution in [3.05, 3.63) is 35.8 Å². The number of carboxylic acids is 1. The molecule has 1 heterocycles. The van der Waals surface area contributed by atoms with Crippen LogP contribution in [0.25, 0.3) is 0 Å². The summed E-state index contributed by atoms with van der Waals surface area (Å²) in [5.74, 6) is 0.0521. The predicted molar refractivity (Wildman–Crippen MR) is 63.5 cm³/mol. The van der Waals surface area contributed by atoms with Crippen molar-refractivity contribution in [2.75, 3.05) is 6.54 Å². The molecule has 0 atom stereocenters. The van der Waals surface area contributed by atoms with Crippen LogP contribution in [-0.2, 0) is 11.3 Å². The summed E-state index contributed by atoms with van der Waals surface area (Å²) in [6, 6.07) is 4.41. The van der Waals surface area contributed by atoms with Crippen molar-refractivity contribution in [3.63, 3.8) is 0 Å². The minimum atomic E-state index is -0.878. The topological polar surface area (TPSA) is 53.7 Å². The van der Waals surface area contributed by atoms with Crippen LogP contribution in [-0.4, -0.2) is 28.6 Å². The maximum atomic E-state index is 10.6. The summed E-state index contributed by atoms with van der Waals surface area (Å²) >= 11 is 0. The molecule has 0 spiro atoms. The Labute approximate surface area is 101 Å². The smallest absolute Gasteiger partial charge is 0.328 e. The number of carboxylic acid groups (broad SMARTS) is 1. The van der Waals surface area contributed by atoms with E-state index in [1.807, 2.05) is 19.1 Å². The van der Waals surface area contributed by atoms with Crippen LogP contribution in [0.3, 0.4) is 0 Å². The number of rotatable bonds is 6. The summed E-state index contributed by atoms with van der Waals surface area (Å²) in [4.78, 5) is 12.9. The van der Waals surface area contributed by atoms with E-state index in [1.54, 1.807) is 6.26 Å². The van der Waals surface area contributed by atoms with Crippen molar-refractivity contribution >= 4 is 5.97 Å². The molecule has 0 aromatic carbocycles. The van der Waals surface area contributed by atoms with E-state index in [4.69, 9.17) is 9.52 Å². The average Bonchev–Trinajstić information content (AvgIpc) is 2.96. The number of furan rings is 1. The van der Waals surface area contributed by atoms with E-state index < -0.39 is 5.97 Å². The van der Waals surface area contributed by atoms with E-state index in [2.05, 4.69) is 4.90 Å². The van der Waals surface area contributed by atoms with Crippen LogP contribution in [0.15, 0.2) is 34.5 Å². The van der Waals surface area contributed by atoms with E-state index >= 15 is 0 Å². The average molecular weight is 235 g/mol. The van der Waals surface area contributed by atoms with Gasteiger partial charge < -0.3 is 9.52 Å². The summed E-state index contributed by atoms with van der Waals surface area (Å²) in [5.41, 5.74) is 0.871. The predicted octanol–water partition coefficient (Wildman–Crippen LogP) is 2.27. The molecule has 2 rings (SSSR count). The normalized spacial score (nSPS) is 16.5. The molecule has 1 aromatic rings. The second kappa shape index (κ2) is 5.19. The number of hydrogen-bond acceptors (Lipinski definition) is 3. The van der Waals surface area contributed by atoms with Crippen LogP contribution in [0.2, 0.25) is 0 Å². The van der Waals surface area contributed by atoms with Crippen LogP contribution >= 0.6 is 0 Å². The molecule has 1 saturated carbocycles. The van der Waals surface area contributed by atoms with Crippen molar-refractivity contribution in [3.8, 4) is 0 Å². The Balaban J connectivity index is 1.96. The van der Waals surface area contributed by atoms with Gasteiger partial charge in [0, 0.05) is 18.7 Å². The van der Waals surface area contributed by atoms with Gasteiger partial charge in [-0.15, -0.1) is 0 Å². The monoisotopic (exact) mass is 235 g/mol. The van der Waals surface area contributed by atoms with Gasteiger partial charge in [0.25, 0.3) is 0 Å². The van der Waals surface area contributed by atoms with E-state index in [0.29, 0.717) is 12.6 Å². The van der Waals surface area contributed by atoms with Crippen LogP contribution in [0.1, 0.15) is 25.5 Å². The Morgan fingerprint density at radius 3 is 2.94 bits per heavy atom. The first kappa shape index (κ1) is 11.9. The van der Waals surface area contributed by atoms with Crippen molar-refractivity contribution in [1.82, 2.24) is 4.90 Å². The standard InChI is InChI=1S/C13H17NO3/c1-10(7-13(15)16)8-14(11-4-5-11)9-12-3-2-6-17-12/h2-3,6-7,11H,4-5,8-9H2,1H3,(H,15,16). The van der Waals surface area contributed by atoms with Gasteiger partial charge in [-0.1, -0.05) is 5.57 Å². The Morgan fingerprint density at radius 1 is 1.65 bits per heavy atom. The first-order chi connectivity index (χ1) is 8.15. The molecule has 0 saturated heterocycles. The molecular weight excluding hydrogens is 218 g/mol. The lowest BCUT2D eigenvalue weighted by molar-refractivity contribution is -0.131. The Hall–Kier alpha value is -1.55. The van der Waals surface area contributed by atoms with Gasteiger partial charge >= 0.3 is 5.97 Å². The molecule has 4 nitrogen and oxygen atoms in total. The molecule has 4 heteroatoms. The summed E-state index contributed by atoms with van der Waals surface area (Å²) in [5, 5.41) is 8.69. The van der Waals surface area contributed by atoms with Gasteiger partial charge in [0.1, 0.15) is 5.76 Å². The maximum absolute atomic E-state index is 10.6. The first-order valence-corrected chi connectivity index (χ1v) is 5.81. The largest absolute Gasteiger partial charge is 0.478 e. The third-order valence-electron chi connectivity index (χ3n) is 2.82. The first-order valence-electron chi connectivity index (χ1n) is 5.81. The molecule has 1 fully saturated rings. The van der Waals surface area contributed by atoms with E-state index in [0.717, 1.165) is 17.9 Å². The van der Waals surface area contributed by atoms with Crippen molar-refractivity contribution in [1.29, 1.82) is 0 Å². The Bertz CT molecular complexity index is 404. The van der Waals surface area contributed by atoms with E-state index in [9.17, 15) is 4.79 Å². The lowest BCUT2D eigenvalue weighted by Crippen LogP contribution is -2.27. The highest BCUT2D eigenvalue weighted by molar-refractivity contribution is 5.80. The molecule has 1 aliphatic carbocycles. The highest BCUT2D eigenvalue weighted by atomic mass is 16.4.